The van der Waals surface area contributed by atoms with Crippen LogP contribution in [0.25, 0.3) is 0 Å². The highest BCUT2D eigenvalue weighted by molar-refractivity contribution is 4.78. The molecule has 1 rings (SSSR count). The second-order valence-electron chi connectivity index (χ2n) is 3.37. The second-order valence-corrected chi connectivity index (χ2v) is 3.37. The van der Waals surface area contributed by atoms with Gasteiger partial charge in [0.1, 0.15) is 0 Å². The Kier molecular flexibility index (Phi) is 3.83. The van der Waals surface area contributed by atoms with Crippen LogP contribution in [0, 0.1) is 5.92 Å². The molecule has 0 atom stereocenters. The average molecular weight is 158 g/mol. The van der Waals surface area contributed by atoms with E-state index in [2.05, 4.69) is 17.3 Å². The zero-order valence-corrected chi connectivity index (χ0v) is 7.21. The highest BCUT2D eigenvalue weighted by Gasteiger charge is 2.21. The molecule has 1 heterocycles. The first-order valence-corrected chi connectivity index (χ1v) is 4.33. The van der Waals surface area contributed by atoms with Crippen molar-refractivity contribution >= 4 is 0 Å². The smallest absolute Gasteiger partial charge is 0.0443 e. The van der Waals surface area contributed by atoms with Crippen LogP contribution in [0.3, 0.4) is 0 Å². The third kappa shape index (κ3) is 3.18. The number of aliphatic hydroxyl groups is 1. The first kappa shape index (κ1) is 8.97. The van der Waals surface area contributed by atoms with E-state index in [-0.39, 0.29) is 0 Å². The first-order valence-electron chi connectivity index (χ1n) is 4.33. The molecule has 0 saturated carbocycles. The van der Waals surface area contributed by atoms with E-state index in [9.17, 15) is 0 Å². The molecule has 3 heteroatoms. The molecule has 1 saturated heterocycles. The molecule has 0 amide bonds. The van der Waals surface area contributed by atoms with Crippen molar-refractivity contribution in [2.45, 2.75) is 6.42 Å². The van der Waals surface area contributed by atoms with E-state index in [1.54, 1.807) is 0 Å². The van der Waals surface area contributed by atoms with Crippen molar-refractivity contribution in [3.8, 4) is 0 Å². The summed E-state index contributed by atoms with van der Waals surface area (Å²) in [7, 11) is 2.14. The minimum absolute atomic E-state index is 0.303. The number of hydrogen-bond donors (Lipinski definition) is 2. The highest BCUT2D eigenvalue weighted by atomic mass is 16.3. The molecular weight excluding hydrogens is 140 g/mol. The van der Waals surface area contributed by atoms with Gasteiger partial charge in [0, 0.05) is 26.2 Å². The summed E-state index contributed by atoms with van der Waals surface area (Å²) in [5.41, 5.74) is 0. The van der Waals surface area contributed by atoms with Gasteiger partial charge in [0.2, 0.25) is 0 Å². The molecule has 0 spiro atoms. The molecule has 0 radical (unpaired) electrons. The van der Waals surface area contributed by atoms with Crippen molar-refractivity contribution in [3.05, 3.63) is 0 Å². The topological polar surface area (TPSA) is 35.5 Å². The Balaban J connectivity index is 1.81. The van der Waals surface area contributed by atoms with Crippen LogP contribution < -0.4 is 5.32 Å². The average Bonchev–Trinajstić information content (AvgIpc) is 1.94. The van der Waals surface area contributed by atoms with Gasteiger partial charge in [-0.15, -0.1) is 0 Å². The number of aliphatic hydroxyl groups excluding tert-OH is 1. The Hall–Kier alpha value is -0.120. The molecule has 11 heavy (non-hydrogen) atoms. The van der Waals surface area contributed by atoms with E-state index in [0.717, 1.165) is 25.4 Å². The fraction of sp³-hybridized carbons (Fsp3) is 1.00. The van der Waals surface area contributed by atoms with Gasteiger partial charge in [-0.05, 0) is 25.9 Å². The van der Waals surface area contributed by atoms with Gasteiger partial charge in [-0.1, -0.05) is 0 Å². The SMILES string of the molecule is CN1CC(CNCCCO)C1. The Bertz CT molecular complexity index is 102. The molecule has 1 aliphatic heterocycles. The van der Waals surface area contributed by atoms with Crippen LogP contribution in [0.1, 0.15) is 6.42 Å². The van der Waals surface area contributed by atoms with Crippen molar-refractivity contribution in [2.75, 3.05) is 39.8 Å². The molecule has 2 N–H and O–H groups in total. The van der Waals surface area contributed by atoms with E-state index in [4.69, 9.17) is 5.11 Å². The van der Waals surface area contributed by atoms with Gasteiger partial charge in [-0.2, -0.15) is 0 Å². The lowest BCUT2D eigenvalue weighted by Gasteiger charge is -2.36. The van der Waals surface area contributed by atoms with Crippen LogP contribution in [0.2, 0.25) is 0 Å². The zero-order valence-electron chi connectivity index (χ0n) is 7.21. The lowest BCUT2D eigenvalue weighted by atomic mass is 10.0. The summed E-state index contributed by atoms with van der Waals surface area (Å²) in [6.07, 6.45) is 0.878. The van der Waals surface area contributed by atoms with E-state index >= 15 is 0 Å². The number of likely N-dealkylation sites (tertiary alicyclic amines) is 1. The third-order valence-corrected chi connectivity index (χ3v) is 2.08. The Morgan fingerprint density at radius 3 is 2.82 bits per heavy atom. The minimum Gasteiger partial charge on any atom is -0.396 e. The molecule has 0 aromatic heterocycles. The Labute approximate surface area is 68.4 Å². The van der Waals surface area contributed by atoms with Gasteiger partial charge < -0.3 is 15.3 Å². The number of rotatable bonds is 5. The van der Waals surface area contributed by atoms with Crippen molar-refractivity contribution in [3.63, 3.8) is 0 Å². The Morgan fingerprint density at radius 2 is 2.27 bits per heavy atom. The maximum atomic E-state index is 8.50. The van der Waals surface area contributed by atoms with Gasteiger partial charge in [-0.3, -0.25) is 0 Å². The second kappa shape index (κ2) is 4.70. The number of hydrogen-bond acceptors (Lipinski definition) is 3. The molecule has 66 valence electrons. The largest absolute Gasteiger partial charge is 0.396 e. The van der Waals surface area contributed by atoms with Crippen molar-refractivity contribution in [1.82, 2.24) is 10.2 Å². The Morgan fingerprint density at radius 1 is 1.55 bits per heavy atom. The van der Waals surface area contributed by atoms with Gasteiger partial charge in [0.05, 0.1) is 0 Å². The maximum absolute atomic E-state index is 8.50. The third-order valence-electron chi connectivity index (χ3n) is 2.08. The standard InChI is InChI=1S/C8H18N2O/c1-10-6-8(7-10)5-9-3-2-4-11/h8-9,11H,2-7H2,1H3. The fourth-order valence-corrected chi connectivity index (χ4v) is 1.47. The van der Waals surface area contributed by atoms with Crippen LogP contribution >= 0.6 is 0 Å². The quantitative estimate of drug-likeness (QED) is 0.530. The van der Waals surface area contributed by atoms with Gasteiger partial charge >= 0.3 is 0 Å². The zero-order chi connectivity index (χ0) is 8.10. The monoisotopic (exact) mass is 158 g/mol. The minimum atomic E-state index is 0.303. The first-order chi connectivity index (χ1) is 5.33. The molecular formula is C8H18N2O. The fourth-order valence-electron chi connectivity index (χ4n) is 1.47. The molecule has 0 bridgehead atoms. The van der Waals surface area contributed by atoms with E-state index in [1.165, 1.54) is 13.1 Å². The molecule has 1 aliphatic rings. The maximum Gasteiger partial charge on any atom is 0.0443 e. The van der Waals surface area contributed by atoms with Crippen molar-refractivity contribution in [1.29, 1.82) is 0 Å². The van der Waals surface area contributed by atoms with Crippen molar-refractivity contribution in [2.24, 2.45) is 5.92 Å². The van der Waals surface area contributed by atoms with Crippen molar-refractivity contribution < 1.29 is 5.11 Å². The summed E-state index contributed by atoms with van der Waals surface area (Å²) in [6, 6.07) is 0. The predicted molar refractivity (Wildman–Crippen MR) is 45.6 cm³/mol. The van der Waals surface area contributed by atoms with E-state index < -0.39 is 0 Å². The van der Waals surface area contributed by atoms with Crippen LogP contribution in [-0.2, 0) is 0 Å². The lowest BCUT2D eigenvalue weighted by Crippen LogP contribution is -2.48. The van der Waals surface area contributed by atoms with Gasteiger partial charge in [-0.25, -0.2) is 0 Å². The summed E-state index contributed by atoms with van der Waals surface area (Å²) in [4.78, 5) is 2.32. The molecule has 0 aromatic rings. The van der Waals surface area contributed by atoms with E-state index in [0.29, 0.717) is 6.61 Å². The molecule has 0 aliphatic carbocycles. The predicted octanol–water partition coefficient (Wildman–Crippen LogP) is -0.480. The van der Waals surface area contributed by atoms with Crippen LogP contribution in [0.5, 0.6) is 0 Å². The molecule has 0 unspecified atom stereocenters. The van der Waals surface area contributed by atoms with Crippen LogP contribution in [-0.4, -0.2) is 49.8 Å². The lowest BCUT2D eigenvalue weighted by molar-refractivity contribution is 0.132. The number of nitrogens with zero attached hydrogens (tertiary/aromatic N) is 1. The number of nitrogens with one attached hydrogen (secondary N) is 1. The molecule has 3 nitrogen and oxygen atoms in total. The summed E-state index contributed by atoms with van der Waals surface area (Å²) in [5.74, 6) is 0.846. The van der Waals surface area contributed by atoms with Gasteiger partial charge in [0.25, 0.3) is 0 Å². The van der Waals surface area contributed by atoms with Gasteiger partial charge in [0.15, 0.2) is 0 Å². The normalized spacial score (nSPS) is 20.2. The summed E-state index contributed by atoms with van der Waals surface area (Å²) >= 11 is 0. The summed E-state index contributed by atoms with van der Waals surface area (Å²) in [6.45, 7) is 4.83. The molecule has 0 aromatic carbocycles. The van der Waals surface area contributed by atoms with E-state index in [1.807, 2.05) is 0 Å². The summed E-state index contributed by atoms with van der Waals surface area (Å²) < 4.78 is 0. The van der Waals surface area contributed by atoms with Crippen LogP contribution in [0.15, 0.2) is 0 Å². The summed E-state index contributed by atoms with van der Waals surface area (Å²) in [5, 5.41) is 11.8. The highest BCUT2D eigenvalue weighted by Crippen LogP contribution is 2.10. The molecule has 1 fully saturated rings. The van der Waals surface area contributed by atoms with Crippen LogP contribution in [0.4, 0.5) is 0 Å².